The lowest BCUT2D eigenvalue weighted by atomic mass is 10.1. The van der Waals surface area contributed by atoms with Gasteiger partial charge in [0, 0.05) is 17.0 Å². The molecule has 0 N–H and O–H groups in total. The van der Waals surface area contributed by atoms with E-state index in [9.17, 15) is 14.9 Å². The summed E-state index contributed by atoms with van der Waals surface area (Å²) in [5.74, 6) is -0.520. The molecule has 3 rings (SSSR count). The number of carbonyl (C=O) groups excluding carboxylic acids is 1. The van der Waals surface area contributed by atoms with Crippen LogP contribution in [0.25, 0.3) is 0 Å². The number of esters is 1. The Morgan fingerprint density at radius 3 is 2.39 bits per heavy atom. The van der Waals surface area contributed by atoms with Crippen LogP contribution < -0.4 is 4.74 Å². The molecule has 0 amide bonds. The van der Waals surface area contributed by atoms with Gasteiger partial charge in [-0.25, -0.2) is 9.48 Å². The normalized spacial score (nSPS) is 11.4. The molecule has 1 heterocycles. The highest BCUT2D eigenvalue weighted by atomic mass is 35.5. The fraction of sp³-hybridized carbons (Fsp3) is 0.273. The molecule has 0 radical (unpaired) electrons. The zero-order valence-corrected chi connectivity index (χ0v) is 19.4. The van der Waals surface area contributed by atoms with Gasteiger partial charge < -0.3 is 4.74 Å². The van der Waals surface area contributed by atoms with Crippen LogP contribution in [-0.4, -0.2) is 20.7 Å². The van der Waals surface area contributed by atoms with Gasteiger partial charge in [0.2, 0.25) is 5.88 Å². The minimum atomic E-state index is -0.787. The van der Waals surface area contributed by atoms with Crippen LogP contribution in [0.3, 0.4) is 0 Å². The summed E-state index contributed by atoms with van der Waals surface area (Å²) < 4.78 is 7.40. The number of nitro groups is 1. The van der Waals surface area contributed by atoms with E-state index in [1.165, 1.54) is 23.9 Å². The third-order valence-corrected chi connectivity index (χ3v) is 5.92. The lowest BCUT2D eigenvalue weighted by Gasteiger charge is -2.22. The zero-order chi connectivity index (χ0) is 22.9. The van der Waals surface area contributed by atoms with Crippen LogP contribution in [0.5, 0.6) is 5.88 Å². The maximum Gasteiger partial charge on any atom is 0.346 e. The van der Waals surface area contributed by atoms with Crippen LogP contribution in [-0.2, 0) is 5.54 Å². The second kappa shape index (κ2) is 8.72. The van der Waals surface area contributed by atoms with Gasteiger partial charge in [0.1, 0.15) is 0 Å². The van der Waals surface area contributed by atoms with Gasteiger partial charge in [0.15, 0.2) is 0 Å². The summed E-state index contributed by atoms with van der Waals surface area (Å²) in [6.45, 7) is 9.68. The average Bonchev–Trinajstić information content (AvgIpc) is 2.99. The number of aromatic nitrogens is 2. The Bertz CT molecular complexity index is 1150. The van der Waals surface area contributed by atoms with Gasteiger partial charge in [-0.2, -0.15) is 5.10 Å². The molecule has 31 heavy (non-hydrogen) atoms. The first kappa shape index (κ1) is 22.8. The molecule has 0 aliphatic heterocycles. The van der Waals surface area contributed by atoms with Crippen LogP contribution in [0.2, 0.25) is 5.02 Å². The number of carbonyl (C=O) groups is 1. The van der Waals surface area contributed by atoms with Crippen LogP contribution in [0.1, 0.15) is 42.4 Å². The van der Waals surface area contributed by atoms with Crippen molar-refractivity contribution in [3.8, 4) is 5.88 Å². The first-order chi connectivity index (χ1) is 14.5. The molecule has 0 saturated carbocycles. The Balaban J connectivity index is 2.04. The molecular weight excluding hydrogens is 438 g/mol. The summed E-state index contributed by atoms with van der Waals surface area (Å²) in [5, 5.41) is 15.8. The van der Waals surface area contributed by atoms with Crippen molar-refractivity contribution in [3.05, 3.63) is 74.4 Å². The predicted molar refractivity (Wildman–Crippen MR) is 120 cm³/mol. The molecule has 9 heteroatoms. The fourth-order valence-electron chi connectivity index (χ4n) is 2.80. The summed E-state index contributed by atoms with van der Waals surface area (Å²) in [6.07, 6.45) is 0. The van der Waals surface area contributed by atoms with Gasteiger partial charge in [0.25, 0.3) is 5.69 Å². The van der Waals surface area contributed by atoms with Gasteiger partial charge >= 0.3 is 5.97 Å². The van der Waals surface area contributed by atoms with Crippen LogP contribution >= 0.6 is 23.4 Å². The number of hydrogen-bond donors (Lipinski definition) is 0. The molecule has 2 aromatic carbocycles. The largest absolute Gasteiger partial charge is 0.403 e. The maximum atomic E-state index is 13.0. The number of hydrogen-bond acceptors (Lipinski definition) is 6. The number of benzene rings is 2. The maximum absolute atomic E-state index is 13.0. The minimum Gasteiger partial charge on any atom is -0.403 e. The third-order valence-electron chi connectivity index (χ3n) is 4.41. The number of ether oxygens (including phenoxy) is 1. The highest BCUT2D eigenvalue weighted by molar-refractivity contribution is 7.99. The molecule has 162 valence electrons. The van der Waals surface area contributed by atoms with E-state index in [0.29, 0.717) is 10.6 Å². The van der Waals surface area contributed by atoms with Crippen molar-refractivity contribution >= 4 is 35.0 Å². The van der Waals surface area contributed by atoms with E-state index < -0.39 is 16.4 Å². The molecule has 0 unspecified atom stereocenters. The second-order valence-corrected chi connectivity index (χ2v) is 9.52. The van der Waals surface area contributed by atoms with Gasteiger partial charge in [0.05, 0.1) is 31.6 Å². The molecule has 0 spiro atoms. The first-order valence-electron chi connectivity index (χ1n) is 9.48. The van der Waals surface area contributed by atoms with E-state index >= 15 is 0 Å². The Morgan fingerprint density at radius 1 is 1.16 bits per heavy atom. The Labute approximate surface area is 189 Å². The number of halogens is 1. The topological polar surface area (TPSA) is 87.3 Å². The van der Waals surface area contributed by atoms with Gasteiger partial charge in [-0.1, -0.05) is 41.1 Å². The standard InChI is InChI=1S/C22H22ClN3O4S/c1-13-6-9-16(10-7-13)31-19-14(2)24-25(22(3,4)5)20(19)30-21(27)17-12-15(26(28)29)8-11-18(17)23/h6-12H,1-5H3. The molecule has 7 nitrogen and oxygen atoms in total. The number of non-ortho nitro benzene ring substituents is 1. The van der Waals surface area contributed by atoms with Gasteiger partial charge in [-0.05, 0) is 52.8 Å². The van der Waals surface area contributed by atoms with E-state index in [1.54, 1.807) is 4.68 Å². The smallest absolute Gasteiger partial charge is 0.346 e. The molecule has 1 aromatic heterocycles. The van der Waals surface area contributed by atoms with E-state index in [0.717, 1.165) is 16.5 Å². The van der Waals surface area contributed by atoms with Crippen molar-refractivity contribution in [1.82, 2.24) is 9.78 Å². The van der Waals surface area contributed by atoms with E-state index in [2.05, 4.69) is 5.10 Å². The number of nitrogens with zero attached hydrogens (tertiary/aromatic N) is 3. The quantitative estimate of drug-likeness (QED) is 0.257. The molecule has 0 fully saturated rings. The van der Waals surface area contributed by atoms with Gasteiger partial charge in [-0.15, -0.1) is 0 Å². The third kappa shape index (κ3) is 5.08. The van der Waals surface area contributed by atoms with Crippen LogP contribution in [0, 0.1) is 24.0 Å². The fourth-order valence-corrected chi connectivity index (χ4v) is 3.91. The van der Waals surface area contributed by atoms with Crippen LogP contribution in [0.15, 0.2) is 52.3 Å². The van der Waals surface area contributed by atoms with Crippen molar-refractivity contribution < 1.29 is 14.5 Å². The first-order valence-corrected chi connectivity index (χ1v) is 10.7. The van der Waals surface area contributed by atoms with Gasteiger partial charge in [-0.3, -0.25) is 10.1 Å². The molecule has 0 atom stereocenters. The highest BCUT2D eigenvalue weighted by Gasteiger charge is 2.28. The van der Waals surface area contributed by atoms with Crippen molar-refractivity contribution in [1.29, 1.82) is 0 Å². The van der Waals surface area contributed by atoms with Crippen molar-refractivity contribution in [2.45, 2.75) is 49.9 Å². The lowest BCUT2D eigenvalue weighted by molar-refractivity contribution is -0.384. The monoisotopic (exact) mass is 459 g/mol. The summed E-state index contributed by atoms with van der Waals surface area (Å²) in [6, 6.07) is 11.6. The molecule has 0 aliphatic carbocycles. The Hall–Kier alpha value is -2.84. The van der Waals surface area contributed by atoms with Crippen molar-refractivity contribution in [2.75, 3.05) is 0 Å². The van der Waals surface area contributed by atoms with Crippen molar-refractivity contribution in [2.24, 2.45) is 0 Å². The number of rotatable bonds is 5. The minimum absolute atomic E-state index is 0.0712. The SMILES string of the molecule is Cc1ccc(Sc2c(C)nn(C(C)(C)C)c2OC(=O)c2cc([N+](=O)[O-])ccc2Cl)cc1. The average molecular weight is 460 g/mol. The van der Waals surface area contributed by atoms with E-state index in [1.807, 2.05) is 58.9 Å². The zero-order valence-electron chi connectivity index (χ0n) is 17.8. The number of nitro benzene ring substituents is 1. The van der Waals surface area contributed by atoms with E-state index in [-0.39, 0.29) is 22.2 Å². The molecule has 0 saturated heterocycles. The Morgan fingerprint density at radius 2 is 1.81 bits per heavy atom. The molecule has 3 aromatic rings. The highest BCUT2D eigenvalue weighted by Crippen LogP contribution is 2.40. The Kier molecular flexibility index (Phi) is 6.43. The molecular formula is C22H22ClN3O4S. The predicted octanol–water partition coefficient (Wildman–Crippen LogP) is 6.19. The summed E-state index contributed by atoms with van der Waals surface area (Å²) >= 11 is 7.56. The lowest BCUT2D eigenvalue weighted by Crippen LogP contribution is -2.25. The molecule has 0 aliphatic rings. The summed E-state index contributed by atoms with van der Waals surface area (Å²) in [7, 11) is 0. The van der Waals surface area contributed by atoms with E-state index in [4.69, 9.17) is 16.3 Å². The van der Waals surface area contributed by atoms with Crippen LogP contribution in [0.4, 0.5) is 5.69 Å². The number of aryl methyl sites for hydroxylation is 2. The molecule has 0 bridgehead atoms. The second-order valence-electron chi connectivity index (χ2n) is 8.03. The summed E-state index contributed by atoms with van der Waals surface area (Å²) in [5.41, 5.74) is 1.04. The van der Waals surface area contributed by atoms with Crippen molar-refractivity contribution in [3.63, 3.8) is 0 Å². The summed E-state index contributed by atoms with van der Waals surface area (Å²) in [4.78, 5) is 25.1.